The minimum absolute atomic E-state index is 0.537. The lowest BCUT2D eigenvalue weighted by molar-refractivity contribution is -0.275. The summed E-state index contributed by atoms with van der Waals surface area (Å²) in [6.07, 6.45) is 4.28. The predicted molar refractivity (Wildman–Crippen MR) is 110 cm³/mol. The third kappa shape index (κ3) is 4.81. The van der Waals surface area contributed by atoms with Crippen LogP contribution in [0.3, 0.4) is 0 Å². The van der Waals surface area contributed by atoms with Crippen molar-refractivity contribution in [1.29, 1.82) is 0 Å². The average molecular weight is 420 g/mol. The van der Waals surface area contributed by atoms with E-state index in [0.29, 0.717) is 11.5 Å². The molecule has 2 aromatic rings. The molecule has 0 aliphatic heterocycles. The van der Waals surface area contributed by atoms with E-state index >= 15 is 0 Å². The normalized spacial score (nSPS) is 26.8. The largest absolute Gasteiger partial charge is 0.573 e. The van der Waals surface area contributed by atoms with Crippen molar-refractivity contribution in [1.82, 2.24) is 0 Å². The van der Waals surface area contributed by atoms with E-state index in [-0.39, 0.29) is 0 Å². The smallest absolute Gasteiger partial charge is 0.403 e. The molecule has 0 bridgehead atoms. The molecule has 0 amide bonds. The van der Waals surface area contributed by atoms with Crippen LogP contribution < -0.4 is 4.74 Å². The molecule has 4 atom stereocenters. The van der Waals surface area contributed by atoms with Gasteiger partial charge < -0.3 is 4.74 Å². The van der Waals surface area contributed by atoms with Crippen molar-refractivity contribution in [3.05, 3.63) is 53.8 Å². The highest BCUT2D eigenvalue weighted by Crippen LogP contribution is 2.48. The van der Waals surface area contributed by atoms with Crippen LogP contribution in [0.4, 0.5) is 17.6 Å². The Morgan fingerprint density at radius 2 is 1.53 bits per heavy atom. The van der Waals surface area contributed by atoms with Crippen molar-refractivity contribution >= 4 is 0 Å². The van der Waals surface area contributed by atoms with Crippen LogP contribution in [0.1, 0.15) is 63.4 Å². The third-order valence-corrected chi connectivity index (χ3v) is 7.17. The highest BCUT2D eigenvalue weighted by molar-refractivity contribution is 5.64. The van der Waals surface area contributed by atoms with Crippen LogP contribution in [-0.4, -0.2) is 6.36 Å². The lowest BCUT2D eigenvalue weighted by atomic mass is 9.63. The number of alkyl halides is 3. The molecule has 0 saturated heterocycles. The molecular formula is C25H28F4O. The van der Waals surface area contributed by atoms with Gasteiger partial charge in [-0.1, -0.05) is 50.1 Å². The van der Waals surface area contributed by atoms with Gasteiger partial charge in [0.05, 0.1) is 0 Å². The summed E-state index contributed by atoms with van der Waals surface area (Å²) in [5.41, 5.74) is 2.64. The summed E-state index contributed by atoms with van der Waals surface area (Å²) < 4.78 is 54.7. The van der Waals surface area contributed by atoms with Crippen molar-refractivity contribution in [2.24, 2.45) is 17.8 Å². The van der Waals surface area contributed by atoms with E-state index in [0.717, 1.165) is 35.4 Å². The van der Waals surface area contributed by atoms with Crippen LogP contribution in [0.2, 0.25) is 0 Å². The first-order valence-electron chi connectivity index (χ1n) is 11.0. The Bertz CT molecular complexity index is 858. The second-order valence-electron chi connectivity index (χ2n) is 8.93. The van der Waals surface area contributed by atoms with Crippen molar-refractivity contribution in [2.75, 3.05) is 0 Å². The molecule has 2 aliphatic rings. The number of hydrogen-bond acceptors (Lipinski definition) is 1. The minimum Gasteiger partial charge on any atom is -0.403 e. The maximum atomic E-state index is 14.0. The lowest BCUT2D eigenvalue weighted by Gasteiger charge is -2.42. The van der Waals surface area contributed by atoms with Crippen LogP contribution in [0.15, 0.2) is 42.5 Å². The monoisotopic (exact) mass is 420 g/mol. The third-order valence-electron chi connectivity index (χ3n) is 7.17. The number of rotatable bonds is 4. The van der Waals surface area contributed by atoms with Gasteiger partial charge in [-0.15, -0.1) is 13.2 Å². The Morgan fingerprint density at radius 3 is 2.20 bits per heavy atom. The van der Waals surface area contributed by atoms with Gasteiger partial charge >= 0.3 is 6.36 Å². The van der Waals surface area contributed by atoms with Crippen molar-refractivity contribution in [3.8, 4) is 16.9 Å². The van der Waals surface area contributed by atoms with E-state index < -0.39 is 17.9 Å². The maximum Gasteiger partial charge on any atom is 0.573 e. The van der Waals surface area contributed by atoms with Crippen LogP contribution >= 0.6 is 0 Å². The van der Waals surface area contributed by atoms with Gasteiger partial charge in [0.1, 0.15) is 0 Å². The molecule has 0 heterocycles. The fourth-order valence-electron chi connectivity index (χ4n) is 5.50. The summed E-state index contributed by atoms with van der Waals surface area (Å²) in [7, 11) is 0. The van der Waals surface area contributed by atoms with Gasteiger partial charge in [-0.25, -0.2) is 4.39 Å². The first-order valence-corrected chi connectivity index (χ1v) is 11.0. The van der Waals surface area contributed by atoms with Crippen LogP contribution in [-0.2, 0) is 0 Å². The molecule has 0 N–H and O–H groups in total. The maximum absolute atomic E-state index is 14.0. The van der Waals surface area contributed by atoms with Gasteiger partial charge in [0.15, 0.2) is 11.6 Å². The van der Waals surface area contributed by atoms with E-state index in [1.165, 1.54) is 56.6 Å². The molecule has 0 aromatic heterocycles. The van der Waals surface area contributed by atoms with E-state index in [1.807, 2.05) is 12.1 Å². The Balaban J connectivity index is 1.43. The summed E-state index contributed by atoms with van der Waals surface area (Å²) in [6.45, 7) is 2.31. The molecule has 0 radical (unpaired) electrons. The minimum atomic E-state index is -4.90. The van der Waals surface area contributed by atoms with Gasteiger partial charge in [0.25, 0.3) is 0 Å². The summed E-state index contributed by atoms with van der Waals surface area (Å²) >= 11 is 0. The van der Waals surface area contributed by atoms with Crippen LogP contribution in [0.25, 0.3) is 11.1 Å². The van der Waals surface area contributed by atoms with E-state index in [2.05, 4.69) is 23.8 Å². The number of hydrogen-bond donors (Lipinski definition) is 0. The standard InChI is InChI=1S/C25H28F4O/c1-2-16-3-4-21-14-20(10-9-19(21)13-16)17-5-7-18(8-6-17)22-11-12-24(23(26)15-22)30-25(27,28)29/h5-8,11-12,15-16,19-21H,2-4,9-10,13-14H2,1H3. The Kier molecular flexibility index (Phi) is 6.08. The highest BCUT2D eigenvalue weighted by Gasteiger charge is 2.35. The van der Waals surface area contributed by atoms with Gasteiger partial charge in [-0.3, -0.25) is 0 Å². The fraction of sp³-hybridized carbons (Fsp3) is 0.520. The van der Waals surface area contributed by atoms with Gasteiger partial charge in [0.2, 0.25) is 0 Å². The molecule has 0 spiro atoms. The number of fused-ring (bicyclic) bond motifs is 1. The summed E-state index contributed by atoms with van der Waals surface area (Å²) in [5.74, 6) is 1.38. The fourth-order valence-corrected chi connectivity index (χ4v) is 5.50. The zero-order valence-corrected chi connectivity index (χ0v) is 17.2. The topological polar surface area (TPSA) is 9.23 Å². The Labute approximate surface area is 175 Å². The number of halogens is 4. The molecule has 4 rings (SSSR count). The summed E-state index contributed by atoms with van der Waals surface area (Å²) in [4.78, 5) is 0. The van der Waals surface area contributed by atoms with Gasteiger partial charge in [-0.2, -0.15) is 0 Å². The van der Waals surface area contributed by atoms with Crippen LogP contribution in [0.5, 0.6) is 5.75 Å². The van der Waals surface area contributed by atoms with E-state index in [9.17, 15) is 17.6 Å². The molecule has 2 aliphatic carbocycles. The molecule has 5 heteroatoms. The molecule has 30 heavy (non-hydrogen) atoms. The average Bonchev–Trinajstić information content (AvgIpc) is 2.73. The second kappa shape index (κ2) is 8.60. The summed E-state index contributed by atoms with van der Waals surface area (Å²) in [5, 5.41) is 0. The van der Waals surface area contributed by atoms with E-state index in [4.69, 9.17) is 0 Å². The second-order valence-corrected chi connectivity index (χ2v) is 8.93. The molecule has 1 nitrogen and oxygen atoms in total. The molecule has 162 valence electrons. The van der Waals surface area contributed by atoms with Crippen molar-refractivity contribution in [2.45, 2.75) is 64.1 Å². The number of ether oxygens (including phenoxy) is 1. The first-order chi connectivity index (χ1) is 14.3. The first kappa shape index (κ1) is 21.2. The van der Waals surface area contributed by atoms with Crippen LogP contribution in [0, 0.1) is 23.6 Å². The molecule has 2 saturated carbocycles. The highest BCUT2D eigenvalue weighted by atomic mass is 19.4. The molecule has 4 unspecified atom stereocenters. The Hall–Kier alpha value is -2.04. The van der Waals surface area contributed by atoms with Crippen molar-refractivity contribution in [3.63, 3.8) is 0 Å². The SMILES string of the molecule is CCC1CCC2CC(c3ccc(-c4ccc(OC(F)(F)F)c(F)c4)cc3)CCC2C1. The van der Waals surface area contributed by atoms with Gasteiger partial charge in [-0.05, 0) is 84.6 Å². The lowest BCUT2D eigenvalue weighted by Crippen LogP contribution is -2.30. The molecule has 2 aromatic carbocycles. The Morgan fingerprint density at radius 1 is 0.867 bits per heavy atom. The quantitative estimate of drug-likeness (QED) is 0.454. The zero-order valence-electron chi connectivity index (χ0n) is 17.2. The molecule has 2 fully saturated rings. The predicted octanol–water partition coefficient (Wildman–Crippen LogP) is 8.10. The van der Waals surface area contributed by atoms with Gasteiger partial charge in [0, 0.05) is 0 Å². The van der Waals surface area contributed by atoms with Crippen molar-refractivity contribution < 1.29 is 22.3 Å². The summed E-state index contributed by atoms with van der Waals surface area (Å²) in [6, 6.07) is 11.6. The number of benzene rings is 2. The molecular weight excluding hydrogens is 392 g/mol. The zero-order chi connectivity index (χ0) is 21.3. The van der Waals surface area contributed by atoms with E-state index in [1.54, 1.807) is 0 Å².